The zero-order chi connectivity index (χ0) is 7.40. The molecule has 0 N–H and O–H groups in total. The highest BCUT2D eigenvalue weighted by atomic mass is 79.9. The molecule has 1 aromatic heterocycles. The van der Waals surface area contributed by atoms with Crippen molar-refractivity contribution in [3.8, 4) is 0 Å². The van der Waals surface area contributed by atoms with Gasteiger partial charge in [-0.15, -0.1) is 0 Å². The van der Waals surface area contributed by atoms with E-state index in [0.29, 0.717) is 6.61 Å². The summed E-state index contributed by atoms with van der Waals surface area (Å²) in [6.07, 6.45) is 0. The lowest BCUT2D eigenvalue weighted by Gasteiger charge is -1.91. The van der Waals surface area contributed by atoms with E-state index in [-0.39, 0.29) is 0 Å². The molecule has 0 unspecified atom stereocenters. The van der Waals surface area contributed by atoms with Crippen LogP contribution in [0.25, 0.3) is 0 Å². The Morgan fingerprint density at radius 1 is 1.50 bits per heavy atom. The van der Waals surface area contributed by atoms with E-state index in [9.17, 15) is 0 Å². The Morgan fingerprint density at radius 3 is 2.70 bits per heavy atom. The van der Waals surface area contributed by atoms with Gasteiger partial charge in [-0.25, -0.2) is 0 Å². The van der Waals surface area contributed by atoms with Gasteiger partial charge in [-0.05, 0) is 12.1 Å². The standard InChI is InChI=1S/C7H9BrO2/c1-9-5-7-3-2-6(4-8)10-7/h2-3H,4-5H2,1H3. The van der Waals surface area contributed by atoms with Gasteiger partial charge in [0.2, 0.25) is 0 Å². The Bertz CT molecular complexity index is 195. The summed E-state index contributed by atoms with van der Waals surface area (Å²) in [5, 5.41) is 0.761. The van der Waals surface area contributed by atoms with Crippen molar-refractivity contribution < 1.29 is 9.15 Å². The molecule has 1 heterocycles. The SMILES string of the molecule is COCc1ccc(CBr)o1. The molecule has 0 fully saturated rings. The summed E-state index contributed by atoms with van der Waals surface area (Å²) in [6.45, 7) is 0.549. The minimum atomic E-state index is 0.549. The third kappa shape index (κ3) is 1.85. The molecule has 0 bridgehead atoms. The van der Waals surface area contributed by atoms with E-state index in [2.05, 4.69) is 15.9 Å². The molecule has 1 aromatic rings. The Morgan fingerprint density at radius 2 is 2.20 bits per heavy atom. The van der Waals surface area contributed by atoms with E-state index in [1.165, 1.54) is 0 Å². The number of methoxy groups -OCH3 is 1. The minimum absolute atomic E-state index is 0.549. The van der Waals surface area contributed by atoms with Crippen molar-refractivity contribution in [3.05, 3.63) is 23.7 Å². The number of hydrogen-bond donors (Lipinski definition) is 0. The number of furan rings is 1. The molecule has 2 nitrogen and oxygen atoms in total. The van der Waals surface area contributed by atoms with Crippen molar-refractivity contribution in [3.63, 3.8) is 0 Å². The quantitative estimate of drug-likeness (QED) is 0.706. The molecule has 0 aliphatic heterocycles. The fourth-order valence-corrected chi connectivity index (χ4v) is 1.02. The zero-order valence-electron chi connectivity index (χ0n) is 5.76. The summed E-state index contributed by atoms with van der Waals surface area (Å²) in [4.78, 5) is 0. The van der Waals surface area contributed by atoms with Crippen LogP contribution in [0.4, 0.5) is 0 Å². The van der Waals surface area contributed by atoms with E-state index in [1.807, 2.05) is 12.1 Å². The van der Waals surface area contributed by atoms with Crippen LogP contribution in [0, 0.1) is 0 Å². The predicted molar refractivity (Wildman–Crippen MR) is 42.1 cm³/mol. The van der Waals surface area contributed by atoms with Gasteiger partial charge in [-0.2, -0.15) is 0 Å². The molecule has 0 aliphatic carbocycles. The number of halogens is 1. The number of alkyl halides is 1. The first kappa shape index (κ1) is 7.82. The number of hydrogen-bond acceptors (Lipinski definition) is 2. The molecule has 56 valence electrons. The first-order valence-electron chi connectivity index (χ1n) is 2.99. The lowest BCUT2D eigenvalue weighted by atomic mass is 10.4. The smallest absolute Gasteiger partial charge is 0.129 e. The van der Waals surface area contributed by atoms with Gasteiger partial charge in [0, 0.05) is 7.11 Å². The van der Waals surface area contributed by atoms with Gasteiger partial charge in [0.15, 0.2) is 0 Å². The average Bonchev–Trinajstić information content (AvgIpc) is 2.37. The van der Waals surface area contributed by atoms with Gasteiger partial charge in [-0.3, -0.25) is 0 Å². The largest absolute Gasteiger partial charge is 0.463 e. The lowest BCUT2D eigenvalue weighted by molar-refractivity contribution is 0.163. The Labute approximate surface area is 68.3 Å². The van der Waals surface area contributed by atoms with Crippen LogP contribution >= 0.6 is 15.9 Å². The Hall–Kier alpha value is -0.280. The first-order valence-corrected chi connectivity index (χ1v) is 4.11. The summed E-state index contributed by atoms with van der Waals surface area (Å²) in [6, 6.07) is 3.85. The van der Waals surface area contributed by atoms with Crippen molar-refractivity contribution in [1.82, 2.24) is 0 Å². The summed E-state index contributed by atoms with van der Waals surface area (Å²) >= 11 is 3.29. The number of ether oxygens (including phenoxy) is 1. The van der Waals surface area contributed by atoms with E-state index in [4.69, 9.17) is 9.15 Å². The van der Waals surface area contributed by atoms with Crippen LogP contribution in [0.2, 0.25) is 0 Å². The van der Waals surface area contributed by atoms with Crippen LogP contribution in [0.15, 0.2) is 16.5 Å². The van der Waals surface area contributed by atoms with Gasteiger partial charge < -0.3 is 9.15 Å². The van der Waals surface area contributed by atoms with Crippen molar-refractivity contribution in [2.45, 2.75) is 11.9 Å². The number of rotatable bonds is 3. The van der Waals surface area contributed by atoms with Crippen LogP contribution in [0.1, 0.15) is 11.5 Å². The van der Waals surface area contributed by atoms with Crippen LogP contribution in [-0.4, -0.2) is 7.11 Å². The van der Waals surface area contributed by atoms with Gasteiger partial charge in [-0.1, -0.05) is 15.9 Å². The molecule has 0 saturated carbocycles. The molecular weight excluding hydrogens is 196 g/mol. The molecular formula is C7H9BrO2. The highest BCUT2D eigenvalue weighted by molar-refractivity contribution is 9.08. The fourth-order valence-electron chi connectivity index (χ4n) is 0.714. The third-order valence-electron chi connectivity index (χ3n) is 1.14. The molecule has 0 aliphatic rings. The van der Waals surface area contributed by atoms with Crippen LogP contribution < -0.4 is 0 Å². The molecule has 10 heavy (non-hydrogen) atoms. The molecule has 3 heteroatoms. The van der Waals surface area contributed by atoms with Crippen molar-refractivity contribution in [1.29, 1.82) is 0 Å². The summed E-state index contributed by atoms with van der Waals surface area (Å²) in [5.74, 6) is 1.81. The van der Waals surface area contributed by atoms with Gasteiger partial charge in [0.25, 0.3) is 0 Å². The van der Waals surface area contributed by atoms with Gasteiger partial charge in [0.05, 0.1) is 5.33 Å². The highest BCUT2D eigenvalue weighted by Gasteiger charge is 1.98. The Kier molecular flexibility index (Phi) is 2.96. The van der Waals surface area contributed by atoms with Crippen molar-refractivity contribution in [2.75, 3.05) is 7.11 Å². The maximum atomic E-state index is 5.30. The van der Waals surface area contributed by atoms with Crippen LogP contribution in [0.3, 0.4) is 0 Å². The van der Waals surface area contributed by atoms with Gasteiger partial charge >= 0.3 is 0 Å². The second kappa shape index (κ2) is 3.78. The lowest BCUT2D eigenvalue weighted by Crippen LogP contribution is -1.81. The molecule has 0 aromatic carbocycles. The fraction of sp³-hybridized carbons (Fsp3) is 0.429. The van der Waals surface area contributed by atoms with Crippen molar-refractivity contribution >= 4 is 15.9 Å². The zero-order valence-corrected chi connectivity index (χ0v) is 7.35. The molecule has 0 amide bonds. The van der Waals surface area contributed by atoms with E-state index < -0.39 is 0 Å². The monoisotopic (exact) mass is 204 g/mol. The maximum Gasteiger partial charge on any atom is 0.129 e. The second-order valence-electron chi connectivity index (χ2n) is 1.93. The van der Waals surface area contributed by atoms with Crippen LogP contribution in [-0.2, 0) is 16.7 Å². The predicted octanol–water partition coefficient (Wildman–Crippen LogP) is 2.32. The van der Waals surface area contributed by atoms with E-state index in [0.717, 1.165) is 16.9 Å². The third-order valence-corrected chi connectivity index (χ3v) is 1.69. The highest BCUT2D eigenvalue weighted by Crippen LogP contribution is 2.11. The molecule has 0 saturated heterocycles. The first-order chi connectivity index (χ1) is 4.86. The van der Waals surface area contributed by atoms with Crippen LogP contribution in [0.5, 0.6) is 0 Å². The van der Waals surface area contributed by atoms with E-state index >= 15 is 0 Å². The Balaban J connectivity index is 2.59. The van der Waals surface area contributed by atoms with E-state index in [1.54, 1.807) is 7.11 Å². The van der Waals surface area contributed by atoms with Crippen molar-refractivity contribution in [2.24, 2.45) is 0 Å². The summed E-state index contributed by atoms with van der Waals surface area (Å²) in [7, 11) is 1.65. The summed E-state index contributed by atoms with van der Waals surface area (Å²) in [5.41, 5.74) is 0. The minimum Gasteiger partial charge on any atom is -0.463 e. The molecule has 0 radical (unpaired) electrons. The molecule has 0 spiro atoms. The summed E-state index contributed by atoms with van der Waals surface area (Å²) < 4.78 is 10.2. The average molecular weight is 205 g/mol. The topological polar surface area (TPSA) is 22.4 Å². The maximum absolute atomic E-state index is 5.30. The molecule has 0 atom stereocenters. The van der Waals surface area contributed by atoms with Gasteiger partial charge in [0.1, 0.15) is 18.1 Å². The molecule has 1 rings (SSSR count). The second-order valence-corrected chi connectivity index (χ2v) is 2.50. The normalized spacial score (nSPS) is 10.2.